The lowest BCUT2D eigenvalue weighted by Crippen LogP contribution is -3.18. The highest BCUT2D eigenvalue weighted by molar-refractivity contribution is 6.14. The quantitative estimate of drug-likeness (QED) is 0.810. The van der Waals surface area contributed by atoms with Gasteiger partial charge in [0, 0.05) is 0 Å². The summed E-state index contributed by atoms with van der Waals surface area (Å²) in [5, 5.41) is 2.89. The number of fused-ring (bicyclic) bond motifs is 1. The molecular formula is C17H24N3O3+. The molecule has 0 aromatic heterocycles. The molecule has 2 N–H and O–H groups in total. The number of morpholine rings is 1. The van der Waals surface area contributed by atoms with E-state index in [4.69, 9.17) is 4.74 Å². The Morgan fingerprint density at radius 3 is 2.65 bits per heavy atom. The van der Waals surface area contributed by atoms with Gasteiger partial charge in [0.1, 0.15) is 18.6 Å². The van der Waals surface area contributed by atoms with Crippen LogP contribution in [0.3, 0.4) is 0 Å². The lowest BCUT2D eigenvalue weighted by molar-refractivity contribution is -0.921. The van der Waals surface area contributed by atoms with Crippen molar-refractivity contribution in [1.29, 1.82) is 0 Å². The molecule has 124 valence electrons. The molecule has 1 aromatic rings. The van der Waals surface area contributed by atoms with Crippen LogP contribution in [0.2, 0.25) is 0 Å². The predicted molar refractivity (Wildman–Crippen MR) is 87.6 cm³/mol. The zero-order valence-electron chi connectivity index (χ0n) is 13.9. The maximum absolute atomic E-state index is 13.2. The molecule has 1 fully saturated rings. The molecule has 0 unspecified atom stereocenters. The van der Waals surface area contributed by atoms with Gasteiger partial charge >= 0.3 is 0 Å². The number of benzene rings is 1. The Labute approximate surface area is 136 Å². The largest absolute Gasteiger partial charge is 0.370 e. The Morgan fingerprint density at radius 1 is 1.30 bits per heavy atom. The van der Waals surface area contributed by atoms with Crippen LogP contribution in [0.1, 0.15) is 20.8 Å². The fraction of sp³-hybridized carbons (Fsp3) is 0.529. The lowest BCUT2D eigenvalue weighted by atomic mass is 9.95. The minimum Gasteiger partial charge on any atom is -0.370 e. The zero-order chi connectivity index (χ0) is 16.6. The van der Waals surface area contributed by atoms with E-state index in [1.807, 2.05) is 31.2 Å². The lowest BCUT2D eigenvalue weighted by Gasteiger charge is -2.43. The van der Waals surface area contributed by atoms with Crippen LogP contribution in [0.5, 0.6) is 0 Å². The molecule has 2 aliphatic heterocycles. The molecule has 3 rings (SSSR count). The van der Waals surface area contributed by atoms with Crippen molar-refractivity contribution < 1.29 is 19.2 Å². The number of nitrogens with one attached hydrogen (secondary N) is 2. The first-order valence-corrected chi connectivity index (χ1v) is 8.10. The Hall–Kier alpha value is -1.92. The maximum atomic E-state index is 13.2. The summed E-state index contributed by atoms with van der Waals surface area (Å²) in [5.74, 6) is -0.178. The van der Waals surface area contributed by atoms with E-state index < -0.39 is 5.54 Å². The van der Waals surface area contributed by atoms with Crippen molar-refractivity contribution in [3.05, 3.63) is 24.3 Å². The summed E-state index contributed by atoms with van der Waals surface area (Å²) in [6.45, 7) is 8.49. The van der Waals surface area contributed by atoms with Crippen LogP contribution >= 0.6 is 0 Å². The number of quaternary nitrogens is 1. The average Bonchev–Trinajstić information content (AvgIpc) is 2.55. The topological polar surface area (TPSA) is 63.1 Å². The molecule has 6 nitrogen and oxygen atoms in total. The Morgan fingerprint density at radius 2 is 1.96 bits per heavy atom. The summed E-state index contributed by atoms with van der Waals surface area (Å²) < 4.78 is 5.38. The van der Waals surface area contributed by atoms with E-state index in [2.05, 4.69) is 5.32 Å². The van der Waals surface area contributed by atoms with E-state index in [1.165, 1.54) is 4.90 Å². The van der Waals surface area contributed by atoms with Gasteiger partial charge in [-0.3, -0.25) is 14.5 Å². The van der Waals surface area contributed by atoms with E-state index in [9.17, 15) is 9.59 Å². The summed E-state index contributed by atoms with van der Waals surface area (Å²) >= 11 is 0. The number of hydrogen-bond donors (Lipinski definition) is 2. The number of para-hydroxylation sites is 2. The second-order valence-electron chi connectivity index (χ2n) is 6.70. The van der Waals surface area contributed by atoms with Crippen molar-refractivity contribution in [3.63, 3.8) is 0 Å². The fourth-order valence-electron chi connectivity index (χ4n) is 3.28. The predicted octanol–water partition coefficient (Wildman–Crippen LogP) is 0.0539. The highest BCUT2D eigenvalue weighted by atomic mass is 16.5. The maximum Gasteiger partial charge on any atom is 0.285 e. The minimum absolute atomic E-state index is 0.0193. The van der Waals surface area contributed by atoms with Gasteiger partial charge in [-0.1, -0.05) is 12.1 Å². The molecule has 23 heavy (non-hydrogen) atoms. The van der Waals surface area contributed by atoms with Crippen LogP contribution in [0.15, 0.2) is 24.3 Å². The van der Waals surface area contributed by atoms with Crippen LogP contribution in [0, 0.1) is 0 Å². The van der Waals surface area contributed by atoms with Crippen molar-refractivity contribution in [2.45, 2.75) is 32.4 Å². The molecule has 1 saturated heterocycles. The first-order valence-electron chi connectivity index (χ1n) is 8.10. The van der Waals surface area contributed by atoms with Crippen molar-refractivity contribution in [2.24, 2.45) is 0 Å². The molecule has 0 aliphatic carbocycles. The summed E-state index contributed by atoms with van der Waals surface area (Å²) in [6, 6.07) is 7.25. The monoisotopic (exact) mass is 318 g/mol. The molecule has 2 aliphatic rings. The summed E-state index contributed by atoms with van der Waals surface area (Å²) in [6.07, 6.45) is 0. The highest BCUT2D eigenvalue weighted by Crippen LogP contribution is 2.36. The van der Waals surface area contributed by atoms with Gasteiger partial charge in [0.25, 0.3) is 5.91 Å². The van der Waals surface area contributed by atoms with Gasteiger partial charge in [0.2, 0.25) is 5.91 Å². The Balaban J connectivity index is 1.95. The van der Waals surface area contributed by atoms with Gasteiger partial charge in [-0.2, -0.15) is 0 Å². The number of amides is 2. The van der Waals surface area contributed by atoms with Crippen molar-refractivity contribution >= 4 is 23.2 Å². The number of ether oxygens (including phenoxy) is 1. The van der Waals surface area contributed by atoms with Gasteiger partial charge in [0.15, 0.2) is 6.04 Å². The molecule has 0 saturated carbocycles. The number of nitrogens with zero attached hydrogens (tertiary/aromatic N) is 1. The number of hydrogen-bond acceptors (Lipinski definition) is 3. The van der Waals surface area contributed by atoms with Crippen LogP contribution in [0.25, 0.3) is 0 Å². The van der Waals surface area contributed by atoms with Crippen LogP contribution < -0.4 is 15.1 Å². The average molecular weight is 318 g/mol. The van der Waals surface area contributed by atoms with Crippen LogP contribution in [0.4, 0.5) is 11.4 Å². The molecule has 6 heteroatoms. The van der Waals surface area contributed by atoms with Crippen molar-refractivity contribution in [2.75, 3.05) is 36.5 Å². The first kappa shape index (κ1) is 16.0. The van der Waals surface area contributed by atoms with Gasteiger partial charge in [-0.15, -0.1) is 0 Å². The number of anilines is 2. The molecule has 1 aromatic carbocycles. The third kappa shape index (κ3) is 2.72. The SMILES string of the molecule is C[C@@H](C(=O)N1c2ccccc2NC(=O)C1(C)C)[NH+]1CCOCC1. The van der Waals surface area contributed by atoms with Gasteiger partial charge in [-0.25, -0.2) is 0 Å². The number of carbonyl (C=O) groups is 2. The van der Waals surface area contributed by atoms with E-state index in [-0.39, 0.29) is 17.9 Å². The van der Waals surface area contributed by atoms with E-state index >= 15 is 0 Å². The molecule has 2 amide bonds. The Kier molecular flexibility index (Phi) is 4.12. The number of rotatable bonds is 2. The Bertz CT molecular complexity index is 623. The zero-order valence-corrected chi connectivity index (χ0v) is 13.9. The fourth-order valence-corrected chi connectivity index (χ4v) is 3.28. The minimum atomic E-state index is -0.911. The second-order valence-corrected chi connectivity index (χ2v) is 6.70. The molecule has 0 radical (unpaired) electrons. The highest BCUT2D eigenvalue weighted by Gasteiger charge is 2.46. The van der Waals surface area contributed by atoms with E-state index in [0.717, 1.165) is 18.8 Å². The smallest absolute Gasteiger partial charge is 0.285 e. The molecular weight excluding hydrogens is 294 g/mol. The molecule has 1 atom stereocenters. The third-order valence-electron chi connectivity index (χ3n) is 4.85. The van der Waals surface area contributed by atoms with Crippen molar-refractivity contribution in [3.8, 4) is 0 Å². The summed E-state index contributed by atoms with van der Waals surface area (Å²) in [7, 11) is 0. The standard InChI is InChI=1S/C17H23N3O3/c1-12(19-8-10-23-11-9-19)15(21)20-14-7-5-4-6-13(14)18-16(22)17(20,2)3/h4-7,12H,8-11H2,1-3H3,(H,18,22)/p+1/t12-/m0/s1. The van der Waals surface area contributed by atoms with Gasteiger partial charge < -0.3 is 15.0 Å². The molecule has 0 spiro atoms. The third-order valence-corrected chi connectivity index (χ3v) is 4.85. The van der Waals surface area contributed by atoms with Crippen LogP contribution in [-0.2, 0) is 14.3 Å². The molecule has 2 heterocycles. The second kappa shape index (κ2) is 5.94. The first-order chi connectivity index (χ1) is 10.9. The van der Waals surface area contributed by atoms with Crippen LogP contribution in [-0.4, -0.2) is 49.7 Å². The number of carbonyl (C=O) groups excluding carboxylic acids is 2. The van der Waals surface area contributed by atoms with E-state index in [1.54, 1.807) is 18.7 Å². The van der Waals surface area contributed by atoms with Gasteiger partial charge in [0.05, 0.1) is 24.6 Å². The van der Waals surface area contributed by atoms with Crippen molar-refractivity contribution in [1.82, 2.24) is 0 Å². The summed E-state index contributed by atoms with van der Waals surface area (Å²) in [4.78, 5) is 28.5. The molecule has 0 bridgehead atoms. The van der Waals surface area contributed by atoms with E-state index in [0.29, 0.717) is 18.9 Å². The normalized spacial score (nSPS) is 22.2. The van der Waals surface area contributed by atoms with Gasteiger partial charge in [-0.05, 0) is 32.9 Å². The summed E-state index contributed by atoms with van der Waals surface area (Å²) in [5.41, 5.74) is 0.543.